The van der Waals surface area contributed by atoms with Gasteiger partial charge in [0.15, 0.2) is 0 Å². The molecule has 1 heterocycles. The standard InChI is InChI=1S/C13H26N2O/c1-16-11-5-4-9-15-10-8-14-13(12-15)6-2-3-7-13/h14H,2-12H2,1H3. The summed E-state index contributed by atoms with van der Waals surface area (Å²) in [4.78, 5) is 2.65. The highest BCUT2D eigenvalue weighted by Gasteiger charge is 2.37. The summed E-state index contributed by atoms with van der Waals surface area (Å²) in [6.45, 7) is 5.86. The third-order valence-corrected chi connectivity index (χ3v) is 4.09. The summed E-state index contributed by atoms with van der Waals surface area (Å²) in [5.74, 6) is 0. The maximum absolute atomic E-state index is 5.09. The molecule has 3 nitrogen and oxygen atoms in total. The second-order valence-electron chi connectivity index (χ2n) is 5.39. The van der Waals surface area contributed by atoms with E-state index in [-0.39, 0.29) is 0 Å². The van der Waals surface area contributed by atoms with Gasteiger partial charge in [-0.3, -0.25) is 0 Å². The number of nitrogens with zero attached hydrogens (tertiary/aromatic N) is 1. The summed E-state index contributed by atoms with van der Waals surface area (Å²) in [5, 5.41) is 3.76. The Hall–Kier alpha value is -0.120. The van der Waals surface area contributed by atoms with Gasteiger partial charge in [0.1, 0.15) is 0 Å². The molecule has 16 heavy (non-hydrogen) atoms. The van der Waals surface area contributed by atoms with Crippen LogP contribution in [0.3, 0.4) is 0 Å². The Labute approximate surface area is 99.5 Å². The number of piperazine rings is 1. The van der Waals surface area contributed by atoms with Crippen molar-refractivity contribution in [2.24, 2.45) is 0 Å². The molecule has 1 saturated carbocycles. The second kappa shape index (κ2) is 5.99. The number of unbranched alkanes of at least 4 members (excludes halogenated alkanes) is 1. The summed E-state index contributed by atoms with van der Waals surface area (Å²) in [7, 11) is 1.79. The first kappa shape index (κ1) is 12.3. The lowest BCUT2D eigenvalue weighted by Gasteiger charge is -2.41. The van der Waals surface area contributed by atoms with E-state index < -0.39 is 0 Å². The zero-order valence-electron chi connectivity index (χ0n) is 10.6. The van der Waals surface area contributed by atoms with Crippen molar-refractivity contribution in [2.75, 3.05) is 39.9 Å². The summed E-state index contributed by atoms with van der Waals surface area (Å²) in [5.41, 5.74) is 0.486. The van der Waals surface area contributed by atoms with E-state index in [1.165, 1.54) is 64.7 Å². The lowest BCUT2D eigenvalue weighted by Crippen LogP contribution is -2.59. The summed E-state index contributed by atoms with van der Waals surface area (Å²) in [6.07, 6.45) is 8.11. The van der Waals surface area contributed by atoms with Crippen LogP contribution in [0.1, 0.15) is 38.5 Å². The van der Waals surface area contributed by atoms with E-state index in [0.717, 1.165) is 6.61 Å². The second-order valence-corrected chi connectivity index (χ2v) is 5.39. The largest absolute Gasteiger partial charge is 0.385 e. The van der Waals surface area contributed by atoms with Crippen LogP contribution in [-0.4, -0.2) is 50.3 Å². The molecule has 1 saturated heterocycles. The Kier molecular flexibility index (Phi) is 4.62. The van der Waals surface area contributed by atoms with Crippen molar-refractivity contribution in [3.63, 3.8) is 0 Å². The van der Waals surface area contributed by atoms with Gasteiger partial charge in [-0.25, -0.2) is 0 Å². The van der Waals surface area contributed by atoms with Crippen LogP contribution in [0.25, 0.3) is 0 Å². The molecule has 0 amide bonds. The molecule has 94 valence electrons. The Bertz CT molecular complexity index is 202. The predicted molar refractivity (Wildman–Crippen MR) is 66.8 cm³/mol. The molecule has 1 aliphatic carbocycles. The van der Waals surface area contributed by atoms with E-state index in [4.69, 9.17) is 4.74 Å². The van der Waals surface area contributed by atoms with Gasteiger partial charge in [0, 0.05) is 38.9 Å². The van der Waals surface area contributed by atoms with Crippen LogP contribution in [0.5, 0.6) is 0 Å². The molecule has 1 aliphatic heterocycles. The Balaban J connectivity index is 1.70. The molecule has 0 aromatic rings. The van der Waals surface area contributed by atoms with Gasteiger partial charge in [0.2, 0.25) is 0 Å². The molecule has 3 heteroatoms. The first-order valence-corrected chi connectivity index (χ1v) is 6.81. The zero-order valence-corrected chi connectivity index (χ0v) is 10.6. The molecule has 1 spiro atoms. The molecule has 2 aliphatic rings. The Morgan fingerprint density at radius 2 is 2.06 bits per heavy atom. The van der Waals surface area contributed by atoms with Gasteiger partial charge in [-0.2, -0.15) is 0 Å². The van der Waals surface area contributed by atoms with E-state index in [2.05, 4.69) is 10.2 Å². The van der Waals surface area contributed by atoms with Crippen molar-refractivity contribution in [3.05, 3.63) is 0 Å². The third-order valence-electron chi connectivity index (χ3n) is 4.09. The molecule has 0 aromatic carbocycles. The minimum atomic E-state index is 0.486. The molecule has 0 bridgehead atoms. The van der Waals surface area contributed by atoms with Crippen LogP contribution in [0.4, 0.5) is 0 Å². The monoisotopic (exact) mass is 226 g/mol. The van der Waals surface area contributed by atoms with Crippen molar-refractivity contribution in [3.8, 4) is 0 Å². The molecule has 0 atom stereocenters. The predicted octanol–water partition coefficient (Wildman–Crippen LogP) is 1.63. The van der Waals surface area contributed by atoms with Crippen LogP contribution in [-0.2, 0) is 4.74 Å². The fourth-order valence-corrected chi connectivity index (χ4v) is 3.20. The number of hydrogen-bond donors (Lipinski definition) is 1. The van der Waals surface area contributed by atoms with Crippen molar-refractivity contribution >= 4 is 0 Å². The van der Waals surface area contributed by atoms with Gasteiger partial charge in [-0.05, 0) is 32.2 Å². The van der Waals surface area contributed by atoms with Crippen molar-refractivity contribution < 1.29 is 4.74 Å². The molecule has 0 unspecified atom stereocenters. The van der Waals surface area contributed by atoms with Gasteiger partial charge in [-0.15, -0.1) is 0 Å². The Morgan fingerprint density at radius 3 is 2.81 bits per heavy atom. The highest BCUT2D eigenvalue weighted by Crippen LogP contribution is 2.31. The average molecular weight is 226 g/mol. The summed E-state index contributed by atoms with van der Waals surface area (Å²) < 4.78 is 5.09. The van der Waals surface area contributed by atoms with Gasteiger partial charge in [-0.1, -0.05) is 12.8 Å². The van der Waals surface area contributed by atoms with Gasteiger partial charge < -0.3 is 15.0 Å². The molecule has 0 radical (unpaired) electrons. The van der Waals surface area contributed by atoms with Crippen LogP contribution < -0.4 is 5.32 Å². The molecule has 2 fully saturated rings. The average Bonchev–Trinajstić information content (AvgIpc) is 2.73. The van der Waals surface area contributed by atoms with E-state index in [9.17, 15) is 0 Å². The third kappa shape index (κ3) is 3.19. The lowest BCUT2D eigenvalue weighted by molar-refractivity contribution is 0.127. The number of methoxy groups -OCH3 is 1. The number of hydrogen-bond acceptors (Lipinski definition) is 3. The highest BCUT2D eigenvalue weighted by molar-refractivity contribution is 4.97. The van der Waals surface area contributed by atoms with E-state index in [0.29, 0.717) is 5.54 Å². The van der Waals surface area contributed by atoms with E-state index >= 15 is 0 Å². The zero-order chi connectivity index (χ0) is 11.3. The van der Waals surface area contributed by atoms with Crippen LogP contribution in [0.15, 0.2) is 0 Å². The van der Waals surface area contributed by atoms with E-state index in [1.54, 1.807) is 7.11 Å². The minimum Gasteiger partial charge on any atom is -0.385 e. The molecular weight excluding hydrogens is 200 g/mol. The fraction of sp³-hybridized carbons (Fsp3) is 1.00. The first-order valence-electron chi connectivity index (χ1n) is 6.81. The minimum absolute atomic E-state index is 0.486. The lowest BCUT2D eigenvalue weighted by atomic mass is 9.94. The molecular formula is C13H26N2O. The van der Waals surface area contributed by atoms with Crippen molar-refractivity contribution in [1.29, 1.82) is 0 Å². The highest BCUT2D eigenvalue weighted by atomic mass is 16.5. The van der Waals surface area contributed by atoms with E-state index in [1.807, 2.05) is 0 Å². The maximum Gasteiger partial charge on any atom is 0.0462 e. The number of nitrogens with one attached hydrogen (secondary N) is 1. The van der Waals surface area contributed by atoms with Crippen molar-refractivity contribution in [2.45, 2.75) is 44.1 Å². The topological polar surface area (TPSA) is 24.5 Å². The summed E-state index contributed by atoms with van der Waals surface area (Å²) >= 11 is 0. The number of ether oxygens (including phenoxy) is 1. The normalized spacial score (nSPS) is 25.3. The quantitative estimate of drug-likeness (QED) is 0.721. The van der Waals surface area contributed by atoms with Gasteiger partial charge in [0.05, 0.1) is 0 Å². The van der Waals surface area contributed by atoms with Crippen LogP contribution in [0.2, 0.25) is 0 Å². The maximum atomic E-state index is 5.09. The van der Waals surface area contributed by atoms with Crippen LogP contribution in [0, 0.1) is 0 Å². The smallest absolute Gasteiger partial charge is 0.0462 e. The van der Waals surface area contributed by atoms with Crippen molar-refractivity contribution in [1.82, 2.24) is 10.2 Å². The molecule has 1 N–H and O–H groups in total. The fourth-order valence-electron chi connectivity index (χ4n) is 3.20. The van der Waals surface area contributed by atoms with Gasteiger partial charge >= 0.3 is 0 Å². The summed E-state index contributed by atoms with van der Waals surface area (Å²) in [6, 6.07) is 0. The Morgan fingerprint density at radius 1 is 1.25 bits per heavy atom. The molecule has 2 rings (SSSR count). The van der Waals surface area contributed by atoms with Gasteiger partial charge in [0.25, 0.3) is 0 Å². The molecule has 0 aromatic heterocycles. The number of rotatable bonds is 5. The first-order chi connectivity index (χ1) is 7.85. The van der Waals surface area contributed by atoms with Crippen LogP contribution >= 0.6 is 0 Å². The SMILES string of the molecule is COCCCCN1CCNC2(CCCC2)C1.